The molecule has 0 unspecified atom stereocenters. The Morgan fingerprint density at radius 3 is 2.88 bits per heavy atom. The number of phenolic OH excluding ortho intramolecular Hbond substituents is 1. The predicted octanol–water partition coefficient (Wildman–Crippen LogP) is 3.04. The first kappa shape index (κ1) is 17.3. The number of nitrogens with one attached hydrogen (secondary N) is 2. The number of benzene rings is 2. The molecule has 2 aromatic carbocycles. The summed E-state index contributed by atoms with van der Waals surface area (Å²) in [6.07, 6.45) is 1.48. The molecule has 0 bridgehead atoms. The Kier molecular flexibility index (Phi) is 5.07. The van der Waals surface area contributed by atoms with E-state index in [0.717, 1.165) is 16.7 Å². The van der Waals surface area contributed by atoms with Gasteiger partial charge in [0.2, 0.25) is 0 Å². The van der Waals surface area contributed by atoms with E-state index in [1.165, 1.54) is 12.3 Å². The van der Waals surface area contributed by atoms with Gasteiger partial charge in [-0.1, -0.05) is 0 Å². The van der Waals surface area contributed by atoms with Gasteiger partial charge >= 0.3 is 0 Å². The Labute approximate surface area is 150 Å². The van der Waals surface area contributed by atoms with Crippen LogP contribution in [0, 0.1) is 0 Å². The number of hydrogen-bond donors (Lipinski definition) is 3. The molecule has 0 aliphatic rings. The van der Waals surface area contributed by atoms with Gasteiger partial charge in [-0.2, -0.15) is 5.10 Å². The van der Waals surface area contributed by atoms with Gasteiger partial charge in [-0.25, -0.2) is 5.43 Å². The highest BCUT2D eigenvalue weighted by Crippen LogP contribution is 2.26. The fourth-order valence-corrected chi connectivity index (χ4v) is 2.47. The number of amides is 1. The molecule has 0 saturated heterocycles. The van der Waals surface area contributed by atoms with Crippen LogP contribution in [0.15, 0.2) is 47.6 Å². The highest BCUT2D eigenvalue weighted by molar-refractivity contribution is 5.98. The third-order valence-electron chi connectivity index (χ3n) is 3.74. The van der Waals surface area contributed by atoms with Gasteiger partial charge in [-0.15, -0.1) is 0 Å². The van der Waals surface area contributed by atoms with E-state index in [1.54, 1.807) is 25.3 Å². The van der Waals surface area contributed by atoms with E-state index in [-0.39, 0.29) is 11.7 Å². The smallest absolute Gasteiger partial charge is 0.287 e. The number of carbonyl (C=O) groups is 1. The lowest BCUT2D eigenvalue weighted by molar-refractivity contribution is 0.0951. The van der Waals surface area contributed by atoms with Gasteiger partial charge in [-0.3, -0.25) is 4.79 Å². The fourth-order valence-electron chi connectivity index (χ4n) is 2.47. The number of methoxy groups -OCH3 is 1. The molecule has 26 heavy (non-hydrogen) atoms. The van der Waals surface area contributed by atoms with Crippen molar-refractivity contribution in [2.24, 2.45) is 5.10 Å². The molecule has 0 atom stereocenters. The van der Waals surface area contributed by atoms with Crippen LogP contribution in [0.4, 0.5) is 0 Å². The van der Waals surface area contributed by atoms with Crippen LogP contribution in [-0.2, 0) is 0 Å². The van der Waals surface area contributed by atoms with Gasteiger partial charge in [0, 0.05) is 10.9 Å². The lowest BCUT2D eigenvalue weighted by atomic mass is 10.2. The Morgan fingerprint density at radius 2 is 2.12 bits per heavy atom. The molecule has 7 heteroatoms. The summed E-state index contributed by atoms with van der Waals surface area (Å²) in [5.74, 6) is 0.785. The maximum absolute atomic E-state index is 12.2. The van der Waals surface area contributed by atoms with E-state index in [1.807, 2.05) is 25.1 Å². The van der Waals surface area contributed by atoms with Crippen molar-refractivity contribution in [1.29, 1.82) is 0 Å². The summed E-state index contributed by atoms with van der Waals surface area (Å²) in [5.41, 5.74) is 4.38. The SMILES string of the molecule is CCOc1cc(C=NNC(=O)c2cc3cc(OC)ccc3[nH]2)ccc1O. The number of hydrogen-bond acceptors (Lipinski definition) is 5. The zero-order valence-corrected chi connectivity index (χ0v) is 14.4. The predicted molar refractivity (Wildman–Crippen MR) is 99.2 cm³/mol. The second-order valence-electron chi connectivity index (χ2n) is 5.50. The average molecular weight is 353 g/mol. The van der Waals surface area contributed by atoms with Crippen LogP contribution in [-0.4, -0.2) is 35.9 Å². The normalized spacial score (nSPS) is 11.0. The minimum atomic E-state index is -0.361. The summed E-state index contributed by atoms with van der Waals surface area (Å²) in [6, 6.07) is 12.1. The van der Waals surface area contributed by atoms with Crippen molar-refractivity contribution in [2.45, 2.75) is 6.92 Å². The van der Waals surface area contributed by atoms with Crippen molar-refractivity contribution in [3.63, 3.8) is 0 Å². The average Bonchev–Trinajstić information content (AvgIpc) is 3.07. The van der Waals surface area contributed by atoms with E-state index >= 15 is 0 Å². The summed E-state index contributed by atoms with van der Waals surface area (Å²) >= 11 is 0. The Balaban J connectivity index is 1.70. The quantitative estimate of drug-likeness (QED) is 0.469. The van der Waals surface area contributed by atoms with Crippen molar-refractivity contribution in [3.8, 4) is 17.2 Å². The second kappa shape index (κ2) is 7.60. The van der Waals surface area contributed by atoms with Crippen molar-refractivity contribution in [1.82, 2.24) is 10.4 Å². The van der Waals surface area contributed by atoms with Gasteiger partial charge in [0.05, 0.1) is 19.9 Å². The number of aromatic hydroxyl groups is 1. The number of aromatic nitrogens is 1. The topological polar surface area (TPSA) is 95.9 Å². The Hall–Kier alpha value is -3.48. The van der Waals surface area contributed by atoms with Crippen LogP contribution in [0.2, 0.25) is 0 Å². The summed E-state index contributed by atoms with van der Waals surface area (Å²) in [7, 11) is 1.59. The minimum absolute atomic E-state index is 0.0570. The summed E-state index contributed by atoms with van der Waals surface area (Å²) < 4.78 is 10.5. The number of aromatic amines is 1. The molecule has 0 radical (unpaired) electrons. The molecule has 3 aromatic rings. The molecule has 0 aliphatic carbocycles. The molecule has 0 aliphatic heterocycles. The number of nitrogens with zero attached hydrogens (tertiary/aromatic N) is 1. The molecule has 134 valence electrons. The van der Waals surface area contributed by atoms with E-state index < -0.39 is 0 Å². The number of rotatable bonds is 6. The molecule has 0 spiro atoms. The summed E-state index contributed by atoms with van der Waals surface area (Å²) in [4.78, 5) is 15.3. The molecule has 1 amide bonds. The molecular formula is C19H19N3O4. The van der Waals surface area contributed by atoms with Crippen molar-refractivity contribution < 1.29 is 19.4 Å². The van der Waals surface area contributed by atoms with Crippen molar-refractivity contribution in [2.75, 3.05) is 13.7 Å². The highest BCUT2D eigenvalue weighted by atomic mass is 16.5. The second-order valence-corrected chi connectivity index (χ2v) is 5.50. The molecular weight excluding hydrogens is 334 g/mol. The summed E-state index contributed by atoms with van der Waals surface area (Å²) in [5, 5.41) is 14.5. The first-order chi connectivity index (χ1) is 12.6. The lowest BCUT2D eigenvalue weighted by Crippen LogP contribution is -2.17. The van der Waals surface area contributed by atoms with Crippen molar-refractivity contribution >= 4 is 23.0 Å². The van der Waals surface area contributed by atoms with E-state index in [4.69, 9.17) is 9.47 Å². The number of phenols is 1. The number of carbonyl (C=O) groups excluding carboxylic acids is 1. The van der Waals surface area contributed by atoms with Gasteiger partial charge in [-0.05, 0) is 55.0 Å². The van der Waals surface area contributed by atoms with Crippen LogP contribution >= 0.6 is 0 Å². The molecule has 3 rings (SSSR count). The number of hydrazone groups is 1. The monoisotopic (exact) mass is 353 g/mol. The van der Waals surface area contributed by atoms with Gasteiger partial charge < -0.3 is 19.6 Å². The summed E-state index contributed by atoms with van der Waals surface area (Å²) in [6.45, 7) is 2.27. The van der Waals surface area contributed by atoms with E-state index in [2.05, 4.69) is 15.5 Å². The molecule has 3 N–H and O–H groups in total. The number of H-pyrrole nitrogens is 1. The van der Waals surface area contributed by atoms with Crippen molar-refractivity contribution in [3.05, 3.63) is 53.7 Å². The number of ether oxygens (including phenoxy) is 2. The third kappa shape index (κ3) is 3.77. The maximum Gasteiger partial charge on any atom is 0.287 e. The fraction of sp³-hybridized carbons (Fsp3) is 0.158. The standard InChI is InChI=1S/C19H19N3O4/c1-3-26-18-8-12(4-7-17(18)23)11-20-22-19(24)16-10-13-9-14(25-2)5-6-15(13)21-16/h4-11,21,23H,3H2,1-2H3,(H,22,24). The largest absolute Gasteiger partial charge is 0.504 e. The van der Waals surface area contributed by atoms with Crippen LogP contribution in [0.3, 0.4) is 0 Å². The minimum Gasteiger partial charge on any atom is -0.504 e. The van der Waals surface area contributed by atoms with Crippen LogP contribution in [0.5, 0.6) is 17.2 Å². The van der Waals surface area contributed by atoms with E-state index in [0.29, 0.717) is 23.6 Å². The molecule has 1 heterocycles. The zero-order valence-electron chi connectivity index (χ0n) is 14.4. The molecule has 7 nitrogen and oxygen atoms in total. The molecule has 0 saturated carbocycles. The van der Waals surface area contributed by atoms with Crippen LogP contribution in [0.1, 0.15) is 23.0 Å². The van der Waals surface area contributed by atoms with Gasteiger partial charge in [0.15, 0.2) is 11.5 Å². The Bertz CT molecular complexity index is 963. The van der Waals surface area contributed by atoms with Gasteiger partial charge in [0.25, 0.3) is 5.91 Å². The highest BCUT2D eigenvalue weighted by Gasteiger charge is 2.09. The third-order valence-corrected chi connectivity index (χ3v) is 3.74. The first-order valence-corrected chi connectivity index (χ1v) is 8.06. The molecule has 1 aromatic heterocycles. The Morgan fingerprint density at radius 1 is 1.27 bits per heavy atom. The number of fused-ring (bicyclic) bond motifs is 1. The molecule has 0 fully saturated rings. The van der Waals surface area contributed by atoms with Crippen LogP contribution < -0.4 is 14.9 Å². The van der Waals surface area contributed by atoms with E-state index in [9.17, 15) is 9.90 Å². The van der Waals surface area contributed by atoms with Crippen LogP contribution in [0.25, 0.3) is 10.9 Å². The van der Waals surface area contributed by atoms with Gasteiger partial charge in [0.1, 0.15) is 11.4 Å². The zero-order chi connectivity index (χ0) is 18.5. The first-order valence-electron chi connectivity index (χ1n) is 8.06. The lowest BCUT2D eigenvalue weighted by Gasteiger charge is -2.05. The maximum atomic E-state index is 12.2.